The van der Waals surface area contributed by atoms with Crippen LogP contribution in [0.25, 0.3) is 0 Å². The van der Waals surface area contributed by atoms with Gasteiger partial charge in [-0.05, 0) is 42.5 Å². The Labute approximate surface area is 163 Å². The molecule has 0 fully saturated rings. The largest absolute Gasteiger partial charge is 0.322 e. The number of nitrogens with zero attached hydrogens (tertiary/aromatic N) is 2. The van der Waals surface area contributed by atoms with E-state index in [-0.39, 0.29) is 5.91 Å². The summed E-state index contributed by atoms with van der Waals surface area (Å²) in [6.07, 6.45) is 1.59. The molecule has 3 aromatic rings. The number of carbonyl (C=O) groups is 2. The van der Waals surface area contributed by atoms with Gasteiger partial charge in [-0.1, -0.05) is 17.8 Å². The quantitative estimate of drug-likeness (QED) is 0.698. The van der Waals surface area contributed by atoms with E-state index in [1.54, 1.807) is 43.6 Å². The third-order valence-electron chi connectivity index (χ3n) is 4.28. The van der Waals surface area contributed by atoms with E-state index in [0.29, 0.717) is 26.9 Å². The molecule has 28 heavy (non-hydrogen) atoms. The first kappa shape index (κ1) is 18.1. The highest BCUT2D eigenvalue weighted by Crippen LogP contribution is 2.41. The maximum absolute atomic E-state index is 13.8. The van der Waals surface area contributed by atoms with Crippen molar-refractivity contribution in [3.63, 3.8) is 0 Å². The average molecular weight is 397 g/mol. The summed E-state index contributed by atoms with van der Waals surface area (Å²) in [5, 5.41) is 3.05. The van der Waals surface area contributed by atoms with Crippen LogP contribution in [0.15, 0.2) is 64.6 Å². The minimum absolute atomic E-state index is 0.195. The lowest BCUT2D eigenvalue weighted by molar-refractivity contribution is 0.0987. The van der Waals surface area contributed by atoms with Gasteiger partial charge in [0.05, 0.1) is 11.3 Å². The van der Waals surface area contributed by atoms with Crippen LogP contribution >= 0.6 is 11.8 Å². The maximum atomic E-state index is 13.8. The molecule has 1 aliphatic heterocycles. The van der Waals surface area contributed by atoms with Gasteiger partial charge in [0.15, 0.2) is 0 Å². The molecule has 1 N–H and O–H groups in total. The molecule has 0 spiro atoms. The molecule has 0 bridgehead atoms. The molecule has 0 saturated heterocycles. The molecule has 2 amide bonds. The maximum Gasteiger partial charge on any atom is 0.261 e. The standard InChI is InChI=1S/C20H13F2N3O2S/c1-25-15-8-7-11(24-18(26)17-13(21)5-2-6-14(17)22)10-16(15)28-19-12(20(25)27)4-3-9-23-19/h2-10H,1H3,(H,24,26). The third kappa shape index (κ3) is 3.11. The molecule has 8 heteroatoms. The number of anilines is 2. The monoisotopic (exact) mass is 397 g/mol. The van der Waals surface area contributed by atoms with E-state index < -0.39 is 23.1 Å². The van der Waals surface area contributed by atoms with Crippen LogP contribution in [-0.4, -0.2) is 23.8 Å². The molecule has 0 aliphatic carbocycles. The summed E-state index contributed by atoms with van der Waals surface area (Å²) in [7, 11) is 1.65. The SMILES string of the molecule is CN1C(=O)c2cccnc2Sc2cc(NC(=O)c3c(F)cccc3F)ccc21. The van der Waals surface area contributed by atoms with Crippen LogP contribution < -0.4 is 10.2 Å². The van der Waals surface area contributed by atoms with E-state index in [1.807, 2.05) is 0 Å². The Hall–Kier alpha value is -3.26. The predicted octanol–water partition coefficient (Wildman–Crippen LogP) is 4.35. The van der Waals surface area contributed by atoms with Crippen molar-refractivity contribution in [2.75, 3.05) is 17.3 Å². The molecule has 0 radical (unpaired) electrons. The molecule has 2 heterocycles. The van der Waals surface area contributed by atoms with Crippen LogP contribution in [0.4, 0.5) is 20.2 Å². The van der Waals surface area contributed by atoms with Crippen LogP contribution in [0.2, 0.25) is 0 Å². The summed E-state index contributed by atoms with van der Waals surface area (Å²) in [5.41, 5.74) is 0.817. The first-order valence-corrected chi connectivity index (χ1v) is 9.07. The second kappa shape index (κ2) is 7.05. The normalized spacial score (nSPS) is 12.8. The number of aromatic nitrogens is 1. The van der Waals surface area contributed by atoms with Gasteiger partial charge in [-0.2, -0.15) is 0 Å². The van der Waals surface area contributed by atoms with Crippen molar-refractivity contribution < 1.29 is 18.4 Å². The van der Waals surface area contributed by atoms with E-state index in [1.165, 1.54) is 22.7 Å². The van der Waals surface area contributed by atoms with Gasteiger partial charge in [0.2, 0.25) is 0 Å². The molecule has 0 unspecified atom stereocenters. The molecule has 2 aromatic carbocycles. The van der Waals surface area contributed by atoms with Crippen molar-refractivity contribution in [1.82, 2.24) is 4.98 Å². The Morgan fingerprint density at radius 1 is 1.11 bits per heavy atom. The van der Waals surface area contributed by atoms with Crippen LogP contribution in [0.5, 0.6) is 0 Å². The summed E-state index contributed by atoms with van der Waals surface area (Å²) in [5.74, 6) is -2.97. The van der Waals surface area contributed by atoms with Gasteiger partial charge in [-0.25, -0.2) is 13.8 Å². The summed E-state index contributed by atoms with van der Waals surface area (Å²) >= 11 is 1.28. The fourth-order valence-electron chi connectivity index (χ4n) is 2.89. The highest BCUT2D eigenvalue weighted by atomic mass is 32.2. The number of carbonyl (C=O) groups excluding carboxylic acids is 2. The fraction of sp³-hybridized carbons (Fsp3) is 0.0500. The van der Waals surface area contributed by atoms with Crippen molar-refractivity contribution in [2.24, 2.45) is 0 Å². The second-order valence-corrected chi connectivity index (χ2v) is 7.09. The first-order valence-electron chi connectivity index (χ1n) is 8.26. The number of benzene rings is 2. The zero-order valence-corrected chi connectivity index (χ0v) is 15.4. The van der Waals surface area contributed by atoms with E-state index in [4.69, 9.17) is 0 Å². The van der Waals surface area contributed by atoms with Gasteiger partial charge in [0, 0.05) is 23.8 Å². The van der Waals surface area contributed by atoms with Crippen molar-refractivity contribution in [3.8, 4) is 0 Å². The van der Waals surface area contributed by atoms with Gasteiger partial charge >= 0.3 is 0 Å². The topological polar surface area (TPSA) is 62.3 Å². The molecule has 4 rings (SSSR count). The summed E-state index contributed by atoms with van der Waals surface area (Å²) in [6.45, 7) is 0. The zero-order valence-electron chi connectivity index (χ0n) is 14.6. The number of hydrogen-bond donors (Lipinski definition) is 1. The van der Waals surface area contributed by atoms with Gasteiger partial charge in [-0.15, -0.1) is 0 Å². The van der Waals surface area contributed by atoms with Gasteiger partial charge in [0.25, 0.3) is 11.8 Å². The molecule has 140 valence electrons. The second-order valence-electron chi connectivity index (χ2n) is 6.06. The first-order chi connectivity index (χ1) is 13.5. The number of rotatable bonds is 2. The molecule has 1 aliphatic rings. The Bertz CT molecular complexity index is 1100. The van der Waals surface area contributed by atoms with E-state index >= 15 is 0 Å². The number of fused-ring (bicyclic) bond motifs is 2. The van der Waals surface area contributed by atoms with Gasteiger partial charge in [-0.3, -0.25) is 9.59 Å². The number of pyridine rings is 1. The van der Waals surface area contributed by atoms with Crippen LogP contribution in [0.1, 0.15) is 20.7 Å². The Morgan fingerprint density at radius 2 is 1.86 bits per heavy atom. The number of amides is 2. The lowest BCUT2D eigenvalue weighted by Crippen LogP contribution is -2.26. The van der Waals surface area contributed by atoms with Crippen LogP contribution in [-0.2, 0) is 0 Å². The smallest absolute Gasteiger partial charge is 0.261 e. The van der Waals surface area contributed by atoms with Crippen molar-refractivity contribution in [3.05, 3.63) is 77.5 Å². The molecular formula is C20H13F2N3O2S. The lowest BCUT2D eigenvalue weighted by atomic mass is 10.1. The summed E-state index contributed by atoms with van der Waals surface area (Å²) in [4.78, 5) is 31.4. The predicted molar refractivity (Wildman–Crippen MR) is 102 cm³/mol. The minimum Gasteiger partial charge on any atom is -0.322 e. The average Bonchev–Trinajstić information content (AvgIpc) is 2.77. The van der Waals surface area contributed by atoms with Crippen molar-refractivity contribution >= 4 is 35.0 Å². The molecule has 0 atom stereocenters. The highest BCUT2D eigenvalue weighted by molar-refractivity contribution is 7.99. The van der Waals surface area contributed by atoms with Crippen LogP contribution in [0.3, 0.4) is 0 Å². The van der Waals surface area contributed by atoms with Crippen molar-refractivity contribution in [2.45, 2.75) is 9.92 Å². The molecule has 1 aromatic heterocycles. The Morgan fingerprint density at radius 3 is 2.61 bits per heavy atom. The third-order valence-corrected chi connectivity index (χ3v) is 5.35. The highest BCUT2D eigenvalue weighted by Gasteiger charge is 2.26. The van der Waals surface area contributed by atoms with Crippen LogP contribution in [0, 0.1) is 11.6 Å². The lowest BCUT2D eigenvalue weighted by Gasteiger charge is -2.18. The minimum atomic E-state index is -0.940. The number of hydrogen-bond acceptors (Lipinski definition) is 4. The molecular weight excluding hydrogens is 384 g/mol. The van der Waals surface area contributed by atoms with Gasteiger partial charge < -0.3 is 10.2 Å². The number of halogens is 2. The van der Waals surface area contributed by atoms with E-state index in [2.05, 4.69) is 10.3 Å². The summed E-state index contributed by atoms with van der Waals surface area (Å²) < 4.78 is 27.7. The molecule has 5 nitrogen and oxygen atoms in total. The van der Waals surface area contributed by atoms with E-state index in [9.17, 15) is 18.4 Å². The van der Waals surface area contributed by atoms with Gasteiger partial charge in [0.1, 0.15) is 22.2 Å². The Balaban J connectivity index is 1.69. The Kier molecular flexibility index (Phi) is 4.56. The fourth-order valence-corrected chi connectivity index (χ4v) is 3.97. The van der Waals surface area contributed by atoms with Crippen molar-refractivity contribution in [1.29, 1.82) is 0 Å². The zero-order chi connectivity index (χ0) is 19.8. The molecule has 0 saturated carbocycles. The van der Waals surface area contributed by atoms with E-state index in [0.717, 1.165) is 12.1 Å². The number of nitrogens with one attached hydrogen (secondary N) is 1. The summed E-state index contributed by atoms with van der Waals surface area (Å²) in [6, 6.07) is 11.5.